The van der Waals surface area contributed by atoms with Crippen LogP contribution in [0.2, 0.25) is 10.0 Å². The van der Waals surface area contributed by atoms with Crippen molar-refractivity contribution in [2.75, 3.05) is 130 Å². The van der Waals surface area contributed by atoms with Crippen molar-refractivity contribution in [2.45, 2.75) is 27.7 Å². The van der Waals surface area contributed by atoms with Crippen molar-refractivity contribution in [3.8, 4) is 0 Å². The molecule has 0 aliphatic carbocycles. The van der Waals surface area contributed by atoms with Gasteiger partial charge in [0.1, 0.15) is 51.3 Å². The number of aliphatic hydroxyl groups is 1. The lowest BCUT2D eigenvalue weighted by molar-refractivity contribution is 0.102. The monoisotopic (exact) mass is 1080 g/mol. The number of aliphatic hydroxyl groups excluding tert-OH is 1. The number of hydrogen-bond donors (Lipinski definition) is 6. The van der Waals surface area contributed by atoms with Gasteiger partial charge in [-0.2, -0.15) is 0 Å². The molecule has 21 nitrogen and oxygen atoms in total. The highest BCUT2D eigenvalue weighted by Crippen LogP contribution is 2.31. The number of nitrogens with zero attached hydrogens (tertiary/aromatic N) is 10. The minimum atomic E-state index is -0.434. The normalized spacial score (nSPS) is 14.0. The SMILES string of the molecule is COCCNC(=O)OCCN1CCN(c2cc(Nc3ncc(C(=O)Nc4c(C)cccc4Cl)s3)nc(C)n2)CC1.Cc1nc(Nc2ncc(C(=O)Nc3c(C)cccc3Cl)s2)cc(N2CCN(CCO)CC2)n1. The number of piperazine rings is 2. The van der Waals surface area contributed by atoms with Gasteiger partial charge in [-0.05, 0) is 51.0 Å². The average Bonchev–Trinajstić information content (AvgIpc) is 4.05. The van der Waals surface area contributed by atoms with Crippen LogP contribution < -0.4 is 36.4 Å². The summed E-state index contributed by atoms with van der Waals surface area (Å²) in [6, 6.07) is 14.7. The highest BCUT2D eigenvalue weighted by atomic mass is 35.5. The van der Waals surface area contributed by atoms with Crippen LogP contribution in [0, 0.1) is 27.7 Å². The summed E-state index contributed by atoms with van der Waals surface area (Å²) in [6.07, 6.45) is 2.62. The Hall–Kier alpha value is -6.31. The number of carbonyl (C=O) groups is 3. The van der Waals surface area contributed by atoms with Crippen LogP contribution >= 0.6 is 45.9 Å². The quantitative estimate of drug-likeness (QED) is 0.0475. The summed E-state index contributed by atoms with van der Waals surface area (Å²) in [5.41, 5.74) is 2.95. The molecule has 0 saturated carbocycles. The molecule has 0 radical (unpaired) electrons. The Bertz CT molecular complexity index is 2780. The van der Waals surface area contributed by atoms with E-state index in [1.807, 2.05) is 64.1 Å². The topological polar surface area (TPSA) is 240 Å². The second-order valence-electron chi connectivity index (χ2n) is 16.8. The molecule has 0 unspecified atom stereocenters. The van der Waals surface area contributed by atoms with Gasteiger partial charge in [0.25, 0.3) is 11.8 Å². The number of methoxy groups -OCH3 is 1. The van der Waals surface area contributed by atoms with E-state index < -0.39 is 6.09 Å². The second kappa shape index (κ2) is 26.6. The Morgan fingerprint density at radius 2 is 1.12 bits per heavy atom. The summed E-state index contributed by atoms with van der Waals surface area (Å²) in [5.74, 6) is 3.60. The third-order valence-corrected chi connectivity index (χ3v) is 14.0. The highest BCUT2D eigenvalue weighted by molar-refractivity contribution is 7.18. The summed E-state index contributed by atoms with van der Waals surface area (Å²) >= 11 is 14.9. The van der Waals surface area contributed by atoms with Crippen LogP contribution in [0.1, 0.15) is 42.1 Å². The maximum atomic E-state index is 12.8. The van der Waals surface area contributed by atoms with E-state index in [0.29, 0.717) is 97.6 Å². The largest absolute Gasteiger partial charge is 0.448 e. The molecule has 0 atom stereocenters. The molecule has 2 aliphatic heterocycles. The van der Waals surface area contributed by atoms with Crippen molar-refractivity contribution in [1.29, 1.82) is 0 Å². The highest BCUT2D eigenvalue weighted by Gasteiger charge is 2.22. The van der Waals surface area contributed by atoms with Gasteiger partial charge in [0.05, 0.1) is 47.0 Å². The average molecular weight is 1080 g/mol. The lowest BCUT2D eigenvalue weighted by atomic mass is 10.2. The molecule has 3 amide bonds. The number of carbonyl (C=O) groups excluding carboxylic acids is 3. The summed E-state index contributed by atoms with van der Waals surface area (Å²) in [6.45, 7) is 16.8. The standard InChI is InChI=1S/C26H33ClN8O4S.C22H26ClN7O2S/c1-17-5-4-6-19(27)23(17)33-24(36)20-16-29-25(40-20)32-21-15-22(31-18(2)30-21)35-10-8-34(9-11-35)12-14-39-26(37)28-7-13-38-3;1-14-4-3-5-16(23)20(14)28-21(32)17-13-24-22(33-17)27-18-12-19(26-15(2)25-18)30-8-6-29(7-9-30)10-11-31/h4-6,15-16H,7-14H2,1-3H3,(H,28,37)(H,33,36)(H,29,30,31,32);3-5,12-13,31H,6-11H2,1-2H3,(H,28,32)(H,24,25,26,27). The van der Waals surface area contributed by atoms with E-state index in [2.05, 4.69) is 76.1 Å². The van der Waals surface area contributed by atoms with Crippen molar-refractivity contribution < 1.29 is 29.0 Å². The number of β-amino-alcohol motifs (C(OH)–C–C–N with tert-alkyl or cyclic N) is 1. The summed E-state index contributed by atoms with van der Waals surface area (Å²) in [4.78, 5) is 73.8. The number of nitrogens with one attached hydrogen (secondary N) is 5. The zero-order valence-corrected chi connectivity index (χ0v) is 44.4. The van der Waals surface area contributed by atoms with Gasteiger partial charge in [-0.15, -0.1) is 0 Å². The molecule has 6 aromatic rings. The predicted molar refractivity (Wildman–Crippen MR) is 288 cm³/mol. The molecule has 73 heavy (non-hydrogen) atoms. The maximum absolute atomic E-state index is 12.8. The third-order valence-electron chi connectivity index (χ3n) is 11.5. The van der Waals surface area contributed by atoms with Gasteiger partial charge in [-0.1, -0.05) is 70.1 Å². The Kier molecular flexibility index (Phi) is 19.8. The summed E-state index contributed by atoms with van der Waals surface area (Å²) in [7, 11) is 1.58. The first-order valence-electron chi connectivity index (χ1n) is 23.5. The zero-order chi connectivity index (χ0) is 51.9. The van der Waals surface area contributed by atoms with Crippen molar-refractivity contribution in [3.63, 3.8) is 0 Å². The van der Waals surface area contributed by atoms with Crippen LogP contribution in [-0.4, -0.2) is 162 Å². The predicted octanol–water partition coefficient (Wildman–Crippen LogP) is 7.01. The number of aromatic nitrogens is 6. The molecule has 2 aliphatic rings. The number of anilines is 8. The fourth-order valence-corrected chi connectivity index (χ4v) is 9.67. The number of thiazole rings is 2. The van der Waals surface area contributed by atoms with Crippen LogP contribution in [0.15, 0.2) is 60.9 Å². The molecule has 6 N–H and O–H groups in total. The molecular formula is C48H59Cl2N15O6S2. The van der Waals surface area contributed by atoms with Crippen molar-refractivity contribution >= 4 is 109 Å². The van der Waals surface area contributed by atoms with E-state index in [1.54, 1.807) is 19.2 Å². The number of para-hydroxylation sites is 2. The minimum Gasteiger partial charge on any atom is -0.448 e. The van der Waals surface area contributed by atoms with Gasteiger partial charge in [0.2, 0.25) is 0 Å². The number of benzene rings is 2. The Morgan fingerprint density at radius 3 is 1.56 bits per heavy atom. The number of aryl methyl sites for hydroxylation is 4. The van der Waals surface area contributed by atoms with Gasteiger partial charge >= 0.3 is 6.09 Å². The number of rotatable bonds is 18. The van der Waals surface area contributed by atoms with Crippen LogP contribution in [0.4, 0.5) is 49.7 Å². The number of hydrogen-bond acceptors (Lipinski definition) is 20. The number of halogens is 2. The van der Waals surface area contributed by atoms with E-state index in [-0.39, 0.29) is 18.4 Å². The van der Waals surface area contributed by atoms with E-state index in [1.165, 1.54) is 35.1 Å². The lowest BCUT2D eigenvalue weighted by Crippen LogP contribution is -2.48. The van der Waals surface area contributed by atoms with Gasteiger partial charge in [-0.3, -0.25) is 19.4 Å². The molecule has 388 valence electrons. The summed E-state index contributed by atoms with van der Waals surface area (Å²) < 4.78 is 10.1. The van der Waals surface area contributed by atoms with Crippen molar-refractivity contribution in [3.05, 3.63) is 103 Å². The first-order chi connectivity index (χ1) is 35.2. The molecule has 2 fully saturated rings. The van der Waals surface area contributed by atoms with E-state index in [9.17, 15) is 14.4 Å². The molecular weight excluding hydrogens is 1020 g/mol. The van der Waals surface area contributed by atoms with Gasteiger partial charge < -0.3 is 51.0 Å². The van der Waals surface area contributed by atoms with Gasteiger partial charge in [0.15, 0.2) is 10.3 Å². The van der Waals surface area contributed by atoms with Gasteiger partial charge in [0, 0.05) is 91.2 Å². The number of amides is 3. The maximum Gasteiger partial charge on any atom is 0.407 e. The van der Waals surface area contributed by atoms with Gasteiger partial charge in [-0.25, -0.2) is 34.7 Å². The first-order valence-corrected chi connectivity index (χ1v) is 25.9. The minimum absolute atomic E-state index is 0.173. The Morgan fingerprint density at radius 1 is 0.658 bits per heavy atom. The lowest BCUT2D eigenvalue weighted by Gasteiger charge is -2.35. The number of alkyl carbamates (subject to hydrolysis) is 1. The van der Waals surface area contributed by atoms with Crippen molar-refractivity contribution in [1.82, 2.24) is 45.0 Å². The third kappa shape index (κ3) is 15.8. The molecule has 6 heterocycles. The first kappa shape index (κ1) is 54.5. The molecule has 2 aromatic carbocycles. The molecule has 4 aromatic heterocycles. The number of ether oxygens (including phenoxy) is 2. The van der Waals surface area contributed by atoms with Crippen molar-refractivity contribution in [2.24, 2.45) is 0 Å². The molecule has 25 heteroatoms. The van der Waals surface area contributed by atoms with Crippen LogP contribution in [0.5, 0.6) is 0 Å². The van der Waals surface area contributed by atoms with E-state index in [4.69, 9.17) is 37.8 Å². The van der Waals surface area contributed by atoms with Crippen LogP contribution in [-0.2, 0) is 9.47 Å². The Balaban J connectivity index is 0.000000218. The zero-order valence-electron chi connectivity index (χ0n) is 41.2. The molecule has 0 spiro atoms. The smallest absolute Gasteiger partial charge is 0.407 e. The fraction of sp³-hybridized carbons (Fsp3) is 0.396. The second-order valence-corrected chi connectivity index (χ2v) is 19.7. The summed E-state index contributed by atoms with van der Waals surface area (Å²) in [5, 5.41) is 26.0. The van der Waals surface area contributed by atoms with Crippen LogP contribution in [0.25, 0.3) is 0 Å². The van der Waals surface area contributed by atoms with Crippen LogP contribution in [0.3, 0.4) is 0 Å². The molecule has 0 bridgehead atoms. The van der Waals surface area contributed by atoms with E-state index in [0.717, 1.165) is 75.1 Å². The molecule has 2 saturated heterocycles. The van der Waals surface area contributed by atoms with E-state index >= 15 is 0 Å². The fourth-order valence-electron chi connectivity index (χ4n) is 7.70. The Labute approximate surface area is 441 Å². The molecule has 8 rings (SSSR count).